The van der Waals surface area contributed by atoms with Gasteiger partial charge in [-0.15, -0.1) is 0 Å². The topological polar surface area (TPSA) is 64.8 Å². The van der Waals surface area contributed by atoms with Gasteiger partial charge in [0.25, 0.3) is 5.91 Å². The fourth-order valence-electron chi connectivity index (χ4n) is 3.00. The summed E-state index contributed by atoms with van der Waals surface area (Å²) in [4.78, 5) is 19.3. The molecule has 0 N–H and O–H groups in total. The third-order valence-electron chi connectivity index (χ3n) is 4.36. The van der Waals surface area contributed by atoms with E-state index in [1.165, 1.54) is 42.8 Å². The van der Waals surface area contributed by atoms with Gasteiger partial charge in [-0.2, -0.15) is 0 Å². The van der Waals surface area contributed by atoms with Gasteiger partial charge in [-0.05, 0) is 36.4 Å². The van der Waals surface area contributed by atoms with Crippen molar-refractivity contribution in [3.63, 3.8) is 0 Å². The van der Waals surface area contributed by atoms with Crippen LogP contribution in [0.3, 0.4) is 0 Å². The van der Waals surface area contributed by atoms with E-state index in [1.54, 1.807) is 42.5 Å². The number of aromatic nitrogens is 1. The van der Waals surface area contributed by atoms with E-state index in [1.807, 2.05) is 0 Å². The van der Waals surface area contributed by atoms with E-state index in [-0.39, 0.29) is 18.0 Å². The number of hydrogen-bond donors (Lipinski definition) is 0. The summed E-state index contributed by atoms with van der Waals surface area (Å²) >= 11 is 1.23. The molecule has 0 aliphatic heterocycles. The minimum Gasteiger partial charge on any atom is -0.493 e. The van der Waals surface area contributed by atoms with Gasteiger partial charge in [0.05, 0.1) is 37.3 Å². The number of ether oxygens (including phenoxy) is 2. The highest BCUT2D eigenvalue weighted by molar-refractivity contribution is 7.22. The van der Waals surface area contributed by atoms with E-state index in [4.69, 9.17) is 13.9 Å². The maximum atomic E-state index is 14.2. The molecule has 29 heavy (non-hydrogen) atoms. The van der Waals surface area contributed by atoms with Crippen LogP contribution < -0.4 is 14.4 Å². The van der Waals surface area contributed by atoms with Crippen LogP contribution >= 0.6 is 11.3 Å². The molecule has 2 aromatic carbocycles. The van der Waals surface area contributed by atoms with Crippen LogP contribution in [0.2, 0.25) is 0 Å². The fraction of sp³-hybridized carbons (Fsp3) is 0.143. The van der Waals surface area contributed by atoms with Crippen molar-refractivity contribution in [1.29, 1.82) is 0 Å². The molecule has 1 amide bonds. The fourth-order valence-corrected chi connectivity index (χ4v) is 3.98. The van der Waals surface area contributed by atoms with E-state index in [9.17, 15) is 9.18 Å². The number of benzene rings is 2. The number of rotatable bonds is 6. The second-order valence-electron chi connectivity index (χ2n) is 6.09. The van der Waals surface area contributed by atoms with Crippen molar-refractivity contribution in [2.24, 2.45) is 0 Å². The van der Waals surface area contributed by atoms with Gasteiger partial charge in [0.15, 0.2) is 16.6 Å². The number of methoxy groups -OCH3 is 2. The number of furan rings is 1. The molecule has 0 spiro atoms. The predicted octanol–water partition coefficient (Wildman–Crippen LogP) is 4.89. The third-order valence-corrected chi connectivity index (χ3v) is 5.41. The van der Waals surface area contributed by atoms with E-state index < -0.39 is 5.82 Å². The Morgan fingerprint density at radius 2 is 1.97 bits per heavy atom. The van der Waals surface area contributed by atoms with Crippen molar-refractivity contribution in [3.8, 4) is 11.5 Å². The van der Waals surface area contributed by atoms with Crippen LogP contribution in [0.1, 0.15) is 16.1 Å². The minimum atomic E-state index is -0.436. The van der Waals surface area contributed by atoms with Gasteiger partial charge in [-0.3, -0.25) is 9.69 Å². The number of para-hydroxylation sites is 2. The predicted molar refractivity (Wildman–Crippen MR) is 108 cm³/mol. The molecule has 2 aromatic heterocycles. The number of hydrogen-bond acceptors (Lipinski definition) is 6. The van der Waals surface area contributed by atoms with Crippen molar-refractivity contribution in [2.45, 2.75) is 6.54 Å². The summed E-state index contributed by atoms with van der Waals surface area (Å²) in [6.45, 7) is 0.133. The zero-order valence-electron chi connectivity index (χ0n) is 15.7. The highest BCUT2D eigenvalue weighted by atomic mass is 32.1. The summed E-state index contributed by atoms with van der Waals surface area (Å²) in [6.07, 6.45) is 1.53. The monoisotopic (exact) mass is 412 g/mol. The minimum absolute atomic E-state index is 0.133. The number of carbonyl (C=O) groups excluding carboxylic acids is 1. The summed E-state index contributed by atoms with van der Waals surface area (Å²) in [5.41, 5.74) is 0.528. The van der Waals surface area contributed by atoms with Crippen LogP contribution in [0, 0.1) is 5.82 Å². The molecule has 0 unspecified atom stereocenters. The molecule has 4 rings (SSSR count). The average molecular weight is 412 g/mol. The first kappa shape index (κ1) is 18.9. The first-order valence-electron chi connectivity index (χ1n) is 8.72. The lowest BCUT2D eigenvalue weighted by atomic mass is 10.1. The van der Waals surface area contributed by atoms with E-state index in [0.717, 1.165) is 0 Å². The summed E-state index contributed by atoms with van der Waals surface area (Å²) in [5, 5.41) is 0.358. The lowest BCUT2D eigenvalue weighted by molar-refractivity contribution is 0.0979. The molecule has 0 bridgehead atoms. The van der Waals surface area contributed by atoms with Crippen LogP contribution in [0.5, 0.6) is 11.5 Å². The van der Waals surface area contributed by atoms with E-state index >= 15 is 0 Å². The zero-order chi connectivity index (χ0) is 20.4. The molecule has 0 saturated heterocycles. The standard InChI is InChI=1S/C21H17FN2O4S/c1-26-16-9-3-7-14(19(16)27-2)20(25)24(12-13-6-5-11-28-13)21-23-18-15(22)8-4-10-17(18)29-21/h3-11H,12H2,1-2H3. The lowest BCUT2D eigenvalue weighted by Gasteiger charge is -2.20. The van der Waals surface area contributed by atoms with Gasteiger partial charge in [-0.25, -0.2) is 9.37 Å². The Bertz CT molecular complexity index is 1160. The Balaban J connectivity index is 1.82. The Labute approximate surface area is 170 Å². The Hall–Kier alpha value is -3.39. The number of fused-ring (bicyclic) bond motifs is 1. The molecule has 0 radical (unpaired) electrons. The average Bonchev–Trinajstić information content (AvgIpc) is 3.41. The quantitative estimate of drug-likeness (QED) is 0.451. The molecule has 0 aliphatic rings. The summed E-state index contributed by atoms with van der Waals surface area (Å²) in [5.74, 6) is 0.522. The van der Waals surface area contributed by atoms with Gasteiger partial charge < -0.3 is 13.9 Å². The number of carbonyl (C=O) groups is 1. The highest BCUT2D eigenvalue weighted by Crippen LogP contribution is 2.36. The molecule has 6 nitrogen and oxygen atoms in total. The van der Waals surface area contributed by atoms with Gasteiger partial charge in [0.1, 0.15) is 17.1 Å². The molecule has 2 heterocycles. The van der Waals surface area contributed by atoms with Crippen LogP contribution in [-0.4, -0.2) is 25.1 Å². The normalized spacial score (nSPS) is 10.9. The molecule has 148 valence electrons. The van der Waals surface area contributed by atoms with Crippen molar-refractivity contribution in [1.82, 2.24) is 4.98 Å². The Morgan fingerprint density at radius 1 is 1.14 bits per heavy atom. The van der Waals surface area contributed by atoms with Gasteiger partial charge >= 0.3 is 0 Å². The van der Waals surface area contributed by atoms with Crippen LogP contribution in [-0.2, 0) is 6.54 Å². The van der Waals surface area contributed by atoms with Crippen LogP contribution in [0.15, 0.2) is 59.2 Å². The van der Waals surface area contributed by atoms with E-state index in [2.05, 4.69) is 4.98 Å². The second-order valence-corrected chi connectivity index (χ2v) is 7.10. The first-order chi connectivity index (χ1) is 14.1. The Morgan fingerprint density at radius 3 is 2.66 bits per heavy atom. The van der Waals surface area contributed by atoms with Gasteiger partial charge in [0, 0.05) is 0 Å². The largest absolute Gasteiger partial charge is 0.493 e. The maximum absolute atomic E-state index is 14.2. The number of nitrogens with zero attached hydrogens (tertiary/aromatic N) is 2. The maximum Gasteiger partial charge on any atom is 0.264 e. The molecule has 8 heteroatoms. The number of halogens is 1. The molecule has 0 atom stereocenters. The molecular weight excluding hydrogens is 395 g/mol. The van der Waals surface area contributed by atoms with Crippen LogP contribution in [0.25, 0.3) is 10.2 Å². The summed E-state index contributed by atoms with van der Waals surface area (Å²) < 4.78 is 31.0. The zero-order valence-corrected chi connectivity index (χ0v) is 16.5. The Kier molecular flexibility index (Phi) is 5.18. The SMILES string of the molecule is COc1cccc(C(=O)N(Cc2ccco2)c2nc3c(F)cccc3s2)c1OC. The first-order valence-corrected chi connectivity index (χ1v) is 9.54. The van der Waals surface area contributed by atoms with Crippen molar-refractivity contribution >= 4 is 32.6 Å². The van der Waals surface area contributed by atoms with Gasteiger partial charge in [-0.1, -0.05) is 23.5 Å². The molecular formula is C21H17FN2O4S. The van der Waals surface area contributed by atoms with Gasteiger partial charge in [0.2, 0.25) is 0 Å². The summed E-state index contributed by atoms with van der Waals surface area (Å²) in [6, 6.07) is 13.3. The van der Waals surface area contributed by atoms with Crippen molar-refractivity contribution < 1.29 is 23.1 Å². The van der Waals surface area contributed by atoms with Crippen LogP contribution in [0.4, 0.5) is 9.52 Å². The molecule has 4 aromatic rings. The number of anilines is 1. The summed E-state index contributed by atoms with van der Waals surface area (Å²) in [7, 11) is 2.97. The van der Waals surface area contributed by atoms with E-state index in [0.29, 0.717) is 32.7 Å². The van der Waals surface area contributed by atoms with Crippen molar-refractivity contribution in [2.75, 3.05) is 19.1 Å². The second kappa shape index (κ2) is 7.92. The smallest absolute Gasteiger partial charge is 0.264 e. The third kappa shape index (κ3) is 3.54. The molecule has 0 fully saturated rings. The molecule has 0 aliphatic carbocycles. The van der Waals surface area contributed by atoms with Crippen molar-refractivity contribution in [3.05, 3.63) is 71.9 Å². The molecule has 0 saturated carbocycles. The number of thiazole rings is 1. The highest BCUT2D eigenvalue weighted by Gasteiger charge is 2.27. The lowest BCUT2D eigenvalue weighted by Crippen LogP contribution is -2.30. The number of amides is 1.